The van der Waals surface area contributed by atoms with Gasteiger partial charge in [0.2, 0.25) is 0 Å². The predicted octanol–water partition coefficient (Wildman–Crippen LogP) is 1.68. The van der Waals surface area contributed by atoms with Gasteiger partial charge in [-0.2, -0.15) is 0 Å². The van der Waals surface area contributed by atoms with Crippen molar-refractivity contribution >= 4 is 28.8 Å². The summed E-state index contributed by atoms with van der Waals surface area (Å²) in [5, 5.41) is 6.57. The maximum absolute atomic E-state index is 13.8. The number of carbonyl (C=O) groups excluding carboxylic acids is 1. The van der Waals surface area contributed by atoms with E-state index in [1.807, 2.05) is 5.38 Å². The van der Waals surface area contributed by atoms with Crippen molar-refractivity contribution in [2.24, 2.45) is 0 Å². The molecule has 0 saturated carbocycles. The number of aromatic nitrogens is 3. The number of hydrogen-bond donors (Lipinski definition) is 0. The zero-order chi connectivity index (χ0) is 15.5. The maximum Gasteiger partial charge on any atom is 0.267 e. The van der Waals surface area contributed by atoms with Crippen LogP contribution in [0, 0.1) is 0 Å². The summed E-state index contributed by atoms with van der Waals surface area (Å²) in [5.41, 5.74) is 0. The van der Waals surface area contributed by atoms with E-state index in [1.54, 1.807) is 29.5 Å². The van der Waals surface area contributed by atoms with E-state index < -0.39 is 6.17 Å². The second-order valence-corrected chi connectivity index (χ2v) is 7.07. The van der Waals surface area contributed by atoms with Crippen LogP contribution in [0.1, 0.15) is 21.1 Å². The quantitative estimate of drug-likeness (QED) is 0.828. The summed E-state index contributed by atoms with van der Waals surface area (Å²) in [5.74, 6) is -0.119. The number of thiazole rings is 1. The van der Waals surface area contributed by atoms with Crippen molar-refractivity contribution in [3.8, 4) is 0 Å². The summed E-state index contributed by atoms with van der Waals surface area (Å²) >= 11 is 2.64. The third-order valence-corrected chi connectivity index (χ3v) is 5.12. The van der Waals surface area contributed by atoms with E-state index >= 15 is 0 Å². The molecule has 0 aliphatic carbocycles. The molecule has 1 amide bonds. The molecule has 6 nitrogen and oxygen atoms in total. The van der Waals surface area contributed by atoms with Gasteiger partial charge in [0.15, 0.2) is 0 Å². The fraction of sp³-hybridized carbons (Fsp3) is 0.538. The second kappa shape index (κ2) is 6.76. The van der Waals surface area contributed by atoms with Crippen molar-refractivity contribution in [1.82, 2.24) is 24.4 Å². The molecule has 118 valence electrons. The number of hydrogen-bond acceptors (Lipinski definition) is 7. The van der Waals surface area contributed by atoms with Crippen LogP contribution in [0.25, 0.3) is 0 Å². The number of nitrogens with zero attached hydrogens (tertiary/aromatic N) is 5. The van der Waals surface area contributed by atoms with Crippen molar-refractivity contribution in [1.29, 1.82) is 0 Å². The molecule has 0 bridgehead atoms. The monoisotopic (exact) mass is 341 g/mol. The van der Waals surface area contributed by atoms with Crippen molar-refractivity contribution in [2.45, 2.75) is 25.2 Å². The molecule has 0 aromatic carbocycles. The topological polar surface area (TPSA) is 62.2 Å². The van der Waals surface area contributed by atoms with Gasteiger partial charge in [-0.1, -0.05) is 4.49 Å². The summed E-state index contributed by atoms with van der Waals surface area (Å²) in [6.45, 7) is 1.52. The summed E-state index contributed by atoms with van der Waals surface area (Å²) < 4.78 is 17.5. The third kappa shape index (κ3) is 3.47. The standard InChI is InChI=1S/C13H16FN5OS2/c1-18(13(20)11-5-16-17-22-11)7-10-4-9(14)6-19(10)8-12-15-2-3-21-12/h2-3,5,9-10H,4,6-8H2,1H3/t9-,10-/m0/s1. The Morgan fingerprint density at radius 2 is 2.45 bits per heavy atom. The molecule has 0 radical (unpaired) electrons. The normalized spacial score (nSPS) is 22.1. The number of carbonyl (C=O) groups is 1. The summed E-state index contributed by atoms with van der Waals surface area (Å²) in [6, 6.07) is 0.00808. The molecule has 2 aromatic heterocycles. The van der Waals surface area contributed by atoms with Crippen molar-refractivity contribution in [2.75, 3.05) is 20.1 Å². The van der Waals surface area contributed by atoms with Gasteiger partial charge in [0, 0.05) is 37.8 Å². The van der Waals surface area contributed by atoms with E-state index in [2.05, 4.69) is 19.5 Å². The second-order valence-electron chi connectivity index (χ2n) is 5.31. The van der Waals surface area contributed by atoms with Gasteiger partial charge in [-0.05, 0) is 18.0 Å². The highest BCUT2D eigenvalue weighted by Gasteiger charge is 2.34. The molecule has 1 saturated heterocycles. The number of likely N-dealkylation sites (tertiary alicyclic amines) is 1. The lowest BCUT2D eigenvalue weighted by molar-refractivity contribution is 0.0754. The van der Waals surface area contributed by atoms with Gasteiger partial charge < -0.3 is 4.90 Å². The minimum atomic E-state index is -0.849. The van der Waals surface area contributed by atoms with Crippen molar-refractivity contribution < 1.29 is 9.18 Å². The van der Waals surface area contributed by atoms with E-state index in [-0.39, 0.29) is 11.9 Å². The lowest BCUT2D eigenvalue weighted by Crippen LogP contribution is -2.40. The van der Waals surface area contributed by atoms with Gasteiger partial charge >= 0.3 is 0 Å². The molecule has 1 aliphatic heterocycles. The Morgan fingerprint density at radius 1 is 1.59 bits per heavy atom. The zero-order valence-electron chi connectivity index (χ0n) is 12.1. The van der Waals surface area contributed by atoms with E-state index in [0.29, 0.717) is 30.9 Å². The minimum absolute atomic E-state index is 0.00808. The maximum atomic E-state index is 13.8. The first-order valence-electron chi connectivity index (χ1n) is 6.93. The van der Waals surface area contributed by atoms with Gasteiger partial charge in [-0.15, -0.1) is 16.4 Å². The molecule has 0 N–H and O–H groups in total. The van der Waals surface area contributed by atoms with Gasteiger partial charge in [-0.3, -0.25) is 9.69 Å². The smallest absolute Gasteiger partial charge is 0.267 e. The molecule has 1 aliphatic rings. The predicted molar refractivity (Wildman–Crippen MR) is 82.7 cm³/mol. The Kier molecular flexibility index (Phi) is 4.74. The summed E-state index contributed by atoms with van der Waals surface area (Å²) in [4.78, 5) is 20.7. The van der Waals surface area contributed by atoms with Gasteiger partial charge in [0.1, 0.15) is 16.1 Å². The van der Waals surface area contributed by atoms with Crippen molar-refractivity contribution in [3.05, 3.63) is 27.7 Å². The molecular weight excluding hydrogens is 325 g/mol. The Hall–Kier alpha value is -1.45. The van der Waals surface area contributed by atoms with Crippen LogP contribution in [0.3, 0.4) is 0 Å². The molecule has 1 fully saturated rings. The lowest BCUT2D eigenvalue weighted by atomic mass is 10.2. The highest BCUT2D eigenvalue weighted by molar-refractivity contribution is 7.09. The number of halogens is 1. The van der Waals surface area contributed by atoms with Gasteiger partial charge in [0.05, 0.1) is 12.7 Å². The van der Waals surface area contributed by atoms with Crippen LogP contribution in [0.4, 0.5) is 4.39 Å². The number of alkyl halides is 1. The van der Waals surface area contributed by atoms with Crippen LogP contribution in [0.15, 0.2) is 17.8 Å². The lowest BCUT2D eigenvalue weighted by Gasteiger charge is -2.27. The van der Waals surface area contributed by atoms with Crippen LogP contribution >= 0.6 is 22.9 Å². The SMILES string of the molecule is CN(C[C@@H]1C[C@H](F)CN1Cc1nccs1)C(=O)c1cnns1. The molecule has 3 rings (SSSR count). The largest absolute Gasteiger partial charge is 0.339 e. The van der Waals surface area contributed by atoms with E-state index in [4.69, 9.17) is 0 Å². The minimum Gasteiger partial charge on any atom is -0.339 e. The summed E-state index contributed by atoms with van der Waals surface area (Å²) in [7, 11) is 1.73. The Balaban J connectivity index is 1.63. The Morgan fingerprint density at radius 3 is 3.14 bits per heavy atom. The van der Waals surface area contributed by atoms with Gasteiger partial charge in [-0.25, -0.2) is 9.37 Å². The van der Waals surface area contributed by atoms with E-state index in [1.165, 1.54) is 6.20 Å². The van der Waals surface area contributed by atoms with E-state index in [0.717, 1.165) is 16.5 Å². The fourth-order valence-electron chi connectivity index (χ4n) is 2.66. The molecule has 0 spiro atoms. The number of amides is 1. The van der Waals surface area contributed by atoms with Crippen molar-refractivity contribution in [3.63, 3.8) is 0 Å². The number of rotatable bonds is 5. The van der Waals surface area contributed by atoms with Crippen LogP contribution < -0.4 is 0 Å². The van der Waals surface area contributed by atoms with Crippen LogP contribution in [-0.4, -0.2) is 62.6 Å². The van der Waals surface area contributed by atoms with Crippen LogP contribution in [0.2, 0.25) is 0 Å². The third-order valence-electron chi connectivity index (χ3n) is 3.70. The van der Waals surface area contributed by atoms with Crippen LogP contribution in [-0.2, 0) is 6.54 Å². The highest BCUT2D eigenvalue weighted by Crippen LogP contribution is 2.24. The first-order valence-corrected chi connectivity index (χ1v) is 8.58. The highest BCUT2D eigenvalue weighted by atomic mass is 32.1. The van der Waals surface area contributed by atoms with Crippen LogP contribution in [0.5, 0.6) is 0 Å². The zero-order valence-corrected chi connectivity index (χ0v) is 13.7. The average molecular weight is 341 g/mol. The fourth-order valence-corrected chi connectivity index (χ4v) is 3.81. The molecule has 0 unspecified atom stereocenters. The molecular formula is C13H16FN5OS2. The molecule has 3 heterocycles. The van der Waals surface area contributed by atoms with Gasteiger partial charge in [0.25, 0.3) is 5.91 Å². The Labute approximate surface area is 135 Å². The molecule has 2 aromatic rings. The first-order chi connectivity index (χ1) is 10.6. The molecule has 9 heteroatoms. The molecule has 22 heavy (non-hydrogen) atoms. The Bertz CT molecular complexity index is 606. The first kappa shape index (κ1) is 15.4. The molecule has 2 atom stereocenters. The average Bonchev–Trinajstić information content (AvgIpc) is 3.22. The van der Waals surface area contributed by atoms with E-state index in [9.17, 15) is 9.18 Å². The summed E-state index contributed by atoms with van der Waals surface area (Å²) in [6.07, 6.45) is 2.82. The number of likely N-dealkylation sites (N-methyl/N-ethyl adjacent to an activating group) is 1.